The van der Waals surface area contributed by atoms with Crippen LogP contribution in [0.4, 0.5) is 22.0 Å². The highest BCUT2D eigenvalue weighted by Gasteiger charge is 2.76. The Bertz CT molecular complexity index is 846. The van der Waals surface area contributed by atoms with Crippen molar-refractivity contribution in [3.8, 4) is 0 Å². The second-order valence-corrected chi connectivity index (χ2v) is 13.4. The topological polar surface area (TPSA) is 63.2 Å². The molecule has 0 aromatic carbocycles. The molecule has 5 bridgehead atoms. The Morgan fingerprint density at radius 3 is 2.43 bits per heavy atom. The second-order valence-electron chi connectivity index (χ2n) is 9.72. The van der Waals surface area contributed by atoms with Gasteiger partial charge in [-0.25, -0.2) is 8.42 Å². The van der Waals surface area contributed by atoms with Gasteiger partial charge in [0, 0.05) is 10.8 Å². The van der Waals surface area contributed by atoms with Crippen molar-refractivity contribution in [3.63, 3.8) is 0 Å². The van der Waals surface area contributed by atoms with E-state index in [1.807, 2.05) is 0 Å². The van der Waals surface area contributed by atoms with E-state index < -0.39 is 42.5 Å². The van der Waals surface area contributed by atoms with Gasteiger partial charge in [-0.1, -0.05) is 25.1 Å². The zero-order valence-electron chi connectivity index (χ0n) is 16.8. The lowest BCUT2D eigenvalue weighted by Crippen LogP contribution is -2.79. The van der Waals surface area contributed by atoms with Gasteiger partial charge in [0.05, 0.1) is 5.25 Å². The van der Waals surface area contributed by atoms with Crippen LogP contribution in [0, 0.1) is 23.2 Å². The normalized spacial score (nSPS) is 39.4. The summed E-state index contributed by atoms with van der Waals surface area (Å²) in [4.78, 5) is 12.5. The lowest BCUT2D eigenvalue weighted by atomic mass is 9.31. The highest BCUT2D eigenvalue weighted by molar-refractivity contribution is 8.03. The van der Waals surface area contributed by atoms with E-state index in [1.165, 1.54) is 6.92 Å². The lowest BCUT2D eigenvalue weighted by molar-refractivity contribution is -0.241. The first-order valence-electron chi connectivity index (χ1n) is 10.4. The molecule has 11 heteroatoms. The van der Waals surface area contributed by atoms with E-state index >= 15 is 0 Å². The molecule has 0 aromatic heterocycles. The zero-order valence-corrected chi connectivity index (χ0v) is 18.4. The molecule has 6 aliphatic carbocycles. The quantitative estimate of drug-likeness (QED) is 0.551. The molecule has 0 aromatic rings. The number of carbonyl (C=O) groups is 1. The molecular weight excluding hydrogens is 449 g/mol. The predicted molar refractivity (Wildman–Crippen MR) is 103 cm³/mol. The summed E-state index contributed by atoms with van der Waals surface area (Å²) < 4.78 is 91.4. The lowest BCUT2D eigenvalue weighted by Gasteiger charge is -2.76. The zero-order chi connectivity index (χ0) is 22.3. The van der Waals surface area contributed by atoms with Crippen LogP contribution in [0.3, 0.4) is 0 Å². The molecule has 4 nitrogen and oxygen atoms in total. The van der Waals surface area contributed by atoms with Gasteiger partial charge in [0.25, 0.3) is 9.84 Å². The summed E-state index contributed by atoms with van der Waals surface area (Å²) in [6.07, 6.45) is 5.44. The summed E-state index contributed by atoms with van der Waals surface area (Å²) in [5, 5.41) is -5.08. The van der Waals surface area contributed by atoms with E-state index in [2.05, 4.69) is 5.32 Å². The van der Waals surface area contributed by atoms with Crippen molar-refractivity contribution in [2.45, 2.75) is 85.6 Å². The fourth-order valence-electron chi connectivity index (χ4n) is 7.14. The minimum absolute atomic E-state index is 0.182. The molecule has 6 rings (SSSR count). The van der Waals surface area contributed by atoms with Gasteiger partial charge in [-0.2, -0.15) is 22.0 Å². The third kappa shape index (κ3) is 3.11. The van der Waals surface area contributed by atoms with E-state index in [1.54, 1.807) is 0 Å². The van der Waals surface area contributed by atoms with Gasteiger partial charge in [-0.3, -0.25) is 4.79 Å². The molecule has 1 spiro atoms. The fraction of sp³-hybridized carbons (Fsp3) is 0.947. The smallest absolute Gasteiger partial charge is 0.344 e. The van der Waals surface area contributed by atoms with Crippen molar-refractivity contribution < 1.29 is 35.2 Å². The number of sulfone groups is 1. The highest BCUT2D eigenvalue weighted by Crippen LogP contribution is 2.78. The number of rotatable bonds is 7. The van der Waals surface area contributed by atoms with Crippen LogP contribution < -0.4 is 5.32 Å². The van der Waals surface area contributed by atoms with Crippen LogP contribution >= 0.6 is 11.8 Å². The molecule has 0 saturated heterocycles. The Balaban J connectivity index is 1.46. The molecule has 6 fully saturated rings. The van der Waals surface area contributed by atoms with Crippen molar-refractivity contribution in [3.05, 3.63) is 0 Å². The van der Waals surface area contributed by atoms with Crippen LogP contribution in [0.1, 0.15) is 58.8 Å². The molecule has 1 N–H and O–H groups in total. The maximum atomic E-state index is 14.8. The van der Waals surface area contributed by atoms with Gasteiger partial charge in [0.2, 0.25) is 0 Å². The minimum Gasteiger partial charge on any atom is -0.344 e. The summed E-state index contributed by atoms with van der Waals surface area (Å²) in [6, 6.07) is 0. The molecule has 0 heterocycles. The van der Waals surface area contributed by atoms with Gasteiger partial charge in [0.15, 0.2) is 0 Å². The van der Waals surface area contributed by atoms with Gasteiger partial charge in [-0.05, 0) is 68.6 Å². The molecule has 0 radical (unpaired) electrons. The third-order valence-electron chi connectivity index (χ3n) is 8.02. The Kier molecular flexibility index (Phi) is 5.06. The van der Waals surface area contributed by atoms with Crippen LogP contribution in [0.15, 0.2) is 0 Å². The molecular formula is C19H26F5NO3S2. The SMILES string of the molecule is CCC(SC(F)(F)C(=O)NC12CC3CCC4CC(C3)(C1)C42)C(C)S(=O)(=O)C(F)(F)F. The van der Waals surface area contributed by atoms with Gasteiger partial charge in [0.1, 0.15) is 0 Å². The number of alkyl halides is 5. The molecule has 0 aliphatic heterocycles. The van der Waals surface area contributed by atoms with E-state index in [0.717, 1.165) is 32.6 Å². The summed E-state index contributed by atoms with van der Waals surface area (Å²) in [5.74, 6) is -0.415. The van der Waals surface area contributed by atoms with Gasteiger partial charge in [-0.15, -0.1) is 0 Å². The van der Waals surface area contributed by atoms with Crippen molar-refractivity contribution in [1.82, 2.24) is 5.32 Å². The first-order valence-corrected chi connectivity index (χ1v) is 12.8. The molecule has 30 heavy (non-hydrogen) atoms. The summed E-state index contributed by atoms with van der Waals surface area (Å²) in [6.45, 7) is 2.10. The van der Waals surface area contributed by atoms with E-state index in [9.17, 15) is 35.2 Å². The first-order chi connectivity index (χ1) is 13.7. The Morgan fingerprint density at radius 1 is 1.17 bits per heavy atom. The Hall–Kier alpha value is -0.580. The van der Waals surface area contributed by atoms with Crippen LogP contribution in [0.2, 0.25) is 0 Å². The average molecular weight is 476 g/mol. The predicted octanol–water partition coefficient (Wildman–Crippen LogP) is 4.50. The number of halogens is 5. The van der Waals surface area contributed by atoms with E-state index in [4.69, 9.17) is 0 Å². The number of hydrogen-bond acceptors (Lipinski definition) is 4. The van der Waals surface area contributed by atoms with Crippen LogP contribution in [-0.2, 0) is 14.6 Å². The average Bonchev–Trinajstić information content (AvgIpc) is 2.86. The van der Waals surface area contributed by atoms with Crippen LogP contribution in [0.25, 0.3) is 0 Å². The monoisotopic (exact) mass is 475 g/mol. The fourth-order valence-corrected chi connectivity index (χ4v) is 9.65. The maximum absolute atomic E-state index is 14.8. The van der Waals surface area contributed by atoms with E-state index in [-0.39, 0.29) is 29.5 Å². The maximum Gasteiger partial charge on any atom is 0.497 e. The van der Waals surface area contributed by atoms with Crippen LogP contribution in [-0.4, -0.2) is 41.1 Å². The number of hydrogen-bond donors (Lipinski definition) is 1. The Morgan fingerprint density at radius 2 is 1.83 bits per heavy atom. The minimum atomic E-state index is -5.62. The third-order valence-corrected chi connectivity index (χ3v) is 11.7. The molecule has 172 valence electrons. The standard InChI is InChI=1S/C19H26F5NO3S2/c1-3-13(10(2)30(27,28)19(22,23)24)29-18(20,21)15(26)25-17-7-11-4-5-12-8-16(6-11,9-17)14(12)17/h10-14H,3-9H2,1-2H3,(H,25,26). The number of nitrogens with one attached hydrogen (secondary N) is 1. The molecule has 6 aliphatic rings. The largest absolute Gasteiger partial charge is 0.497 e. The van der Waals surface area contributed by atoms with Gasteiger partial charge >= 0.3 is 16.7 Å². The summed E-state index contributed by atoms with van der Waals surface area (Å²) in [5.41, 5.74) is -5.98. The number of amides is 1. The summed E-state index contributed by atoms with van der Waals surface area (Å²) in [7, 11) is -5.62. The van der Waals surface area contributed by atoms with Crippen molar-refractivity contribution in [1.29, 1.82) is 0 Å². The Labute approximate surface area is 177 Å². The highest BCUT2D eigenvalue weighted by atomic mass is 32.2. The van der Waals surface area contributed by atoms with E-state index in [0.29, 0.717) is 24.7 Å². The molecule has 7 atom stereocenters. The number of thioether (sulfide) groups is 1. The molecule has 7 unspecified atom stereocenters. The second kappa shape index (κ2) is 6.71. The van der Waals surface area contributed by atoms with Crippen molar-refractivity contribution >= 4 is 27.5 Å². The molecule has 6 saturated carbocycles. The van der Waals surface area contributed by atoms with Gasteiger partial charge < -0.3 is 5.32 Å². The summed E-state index contributed by atoms with van der Waals surface area (Å²) >= 11 is -0.278. The van der Waals surface area contributed by atoms with Crippen molar-refractivity contribution in [2.75, 3.05) is 0 Å². The number of carbonyl (C=O) groups excluding carboxylic acids is 1. The first kappa shape index (κ1) is 22.6. The van der Waals surface area contributed by atoms with Crippen LogP contribution in [0.5, 0.6) is 0 Å². The molecule has 1 amide bonds. The van der Waals surface area contributed by atoms with Crippen molar-refractivity contribution in [2.24, 2.45) is 23.2 Å².